The van der Waals surface area contributed by atoms with E-state index in [1.54, 1.807) is 12.1 Å². The van der Waals surface area contributed by atoms with Gasteiger partial charge in [0, 0.05) is 54.8 Å². The topological polar surface area (TPSA) is 85.0 Å². The van der Waals surface area contributed by atoms with Crippen LogP contribution >= 0.6 is 0 Å². The molecule has 3 N–H and O–H groups in total. The highest BCUT2D eigenvalue weighted by Gasteiger charge is 2.19. The molecular formula is C30H31FN6O. The molecule has 0 aliphatic carbocycles. The summed E-state index contributed by atoms with van der Waals surface area (Å²) in [5.41, 5.74) is 13.7. The van der Waals surface area contributed by atoms with Crippen LogP contribution < -0.4 is 5.73 Å². The van der Waals surface area contributed by atoms with Gasteiger partial charge in [0.2, 0.25) is 0 Å². The van der Waals surface area contributed by atoms with Crippen molar-refractivity contribution in [2.75, 3.05) is 32.8 Å². The zero-order valence-electron chi connectivity index (χ0n) is 21.2. The molecule has 3 heterocycles. The van der Waals surface area contributed by atoms with Crippen molar-refractivity contribution < 1.29 is 9.13 Å². The van der Waals surface area contributed by atoms with Crippen LogP contribution in [-0.4, -0.2) is 57.5 Å². The van der Waals surface area contributed by atoms with Gasteiger partial charge in [-0.3, -0.25) is 10.00 Å². The van der Waals surface area contributed by atoms with E-state index in [1.165, 1.54) is 12.1 Å². The summed E-state index contributed by atoms with van der Waals surface area (Å²) in [6.45, 7) is 5.82. The summed E-state index contributed by atoms with van der Waals surface area (Å²) in [6, 6.07) is 21.0. The van der Waals surface area contributed by atoms with Gasteiger partial charge in [-0.2, -0.15) is 5.10 Å². The van der Waals surface area contributed by atoms with E-state index in [4.69, 9.17) is 15.5 Å². The number of aryl methyl sites for hydroxylation is 1. The Bertz CT molecular complexity index is 1530. The van der Waals surface area contributed by atoms with Gasteiger partial charge < -0.3 is 15.0 Å². The fraction of sp³-hybridized carbons (Fsp3) is 0.267. The lowest BCUT2D eigenvalue weighted by molar-refractivity contribution is 0.0369. The van der Waals surface area contributed by atoms with Crippen molar-refractivity contribution in [3.05, 3.63) is 84.4 Å². The minimum absolute atomic E-state index is 0.261. The molecule has 0 amide bonds. The average molecular weight is 511 g/mol. The van der Waals surface area contributed by atoms with E-state index in [0.717, 1.165) is 96.1 Å². The maximum absolute atomic E-state index is 13.7. The van der Waals surface area contributed by atoms with E-state index in [2.05, 4.69) is 43.9 Å². The first-order valence-corrected chi connectivity index (χ1v) is 13.1. The lowest BCUT2D eigenvalue weighted by atomic mass is 9.99. The predicted molar refractivity (Wildman–Crippen MR) is 148 cm³/mol. The van der Waals surface area contributed by atoms with Crippen LogP contribution in [0.5, 0.6) is 0 Å². The van der Waals surface area contributed by atoms with Crippen molar-refractivity contribution >= 4 is 10.9 Å². The molecule has 0 bridgehead atoms. The first-order valence-electron chi connectivity index (χ1n) is 13.1. The van der Waals surface area contributed by atoms with E-state index in [1.807, 2.05) is 24.5 Å². The number of imidazole rings is 1. The van der Waals surface area contributed by atoms with E-state index < -0.39 is 0 Å². The highest BCUT2D eigenvalue weighted by Crippen LogP contribution is 2.36. The molecule has 5 aromatic rings. The van der Waals surface area contributed by atoms with Gasteiger partial charge in [-0.1, -0.05) is 30.3 Å². The highest BCUT2D eigenvalue weighted by molar-refractivity contribution is 5.97. The number of halogens is 1. The first kappa shape index (κ1) is 24.5. The molecule has 38 heavy (non-hydrogen) atoms. The van der Waals surface area contributed by atoms with Gasteiger partial charge in [0.25, 0.3) is 0 Å². The summed E-state index contributed by atoms with van der Waals surface area (Å²) in [5, 5.41) is 8.85. The molecule has 0 atom stereocenters. The number of nitrogens with one attached hydrogen (secondary N) is 1. The number of nitrogens with zero attached hydrogens (tertiary/aromatic N) is 4. The molecule has 1 fully saturated rings. The molecular weight excluding hydrogens is 479 g/mol. The largest absolute Gasteiger partial charge is 0.379 e. The summed E-state index contributed by atoms with van der Waals surface area (Å²) in [5.74, 6) is -0.261. The second kappa shape index (κ2) is 10.9. The normalized spacial score (nSPS) is 14.4. The second-order valence-electron chi connectivity index (χ2n) is 9.64. The van der Waals surface area contributed by atoms with Crippen LogP contribution in [0.15, 0.2) is 73.1 Å². The Morgan fingerprint density at radius 1 is 0.921 bits per heavy atom. The van der Waals surface area contributed by atoms with Crippen molar-refractivity contribution in [1.82, 2.24) is 24.6 Å². The molecule has 0 spiro atoms. The van der Waals surface area contributed by atoms with Crippen LogP contribution in [0.1, 0.15) is 12.0 Å². The van der Waals surface area contributed by atoms with Crippen molar-refractivity contribution in [3.63, 3.8) is 0 Å². The molecule has 1 saturated heterocycles. The van der Waals surface area contributed by atoms with E-state index in [0.29, 0.717) is 6.54 Å². The summed E-state index contributed by atoms with van der Waals surface area (Å²) in [4.78, 5) is 7.24. The molecule has 7 nitrogen and oxygen atoms in total. The quantitative estimate of drug-likeness (QED) is 0.304. The average Bonchev–Trinajstić information content (AvgIpc) is 3.58. The second-order valence-corrected chi connectivity index (χ2v) is 9.64. The third-order valence-corrected chi connectivity index (χ3v) is 7.26. The van der Waals surface area contributed by atoms with Gasteiger partial charge in [-0.05, 0) is 48.4 Å². The van der Waals surface area contributed by atoms with Crippen molar-refractivity contribution in [2.45, 2.75) is 19.5 Å². The van der Waals surface area contributed by atoms with Crippen LogP contribution in [0, 0.1) is 5.82 Å². The van der Waals surface area contributed by atoms with E-state index >= 15 is 0 Å². The molecule has 1 aliphatic rings. The van der Waals surface area contributed by atoms with Crippen LogP contribution in [0.2, 0.25) is 0 Å². The van der Waals surface area contributed by atoms with Gasteiger partial charge >= 0.3 is 0 Å². The Labute approximate surface area is 221 Å². The summed E-state index contributed by atoms with van der Waals surface area (Å²) in [7, 11) is 0. The van der Waals surface area contributed by atoms with Gasteiger partial charge in [0.1, 0.15) is 11.5 Å². The SMILES string of the molecule is NCc1ccccc1-c1n[nH]c2ccc(-c3c(-c4ccc(F)cc4)ncn3CCCN3CCOCC3)cc12. The Balaban J connectivity index is 1.40. The van der Waals surface area contributed by atoms with Gasteiger partial charge in [0.15, 0.2) is 0 Å². The highest BCUT2D eigenvalue weighted by atomic mass is 19.1. The number of H-pyrrole nitrogens is 1. The van der Waals surface area contributed by atoms with Crippen molar-refractivity contribution in [3.8, 4) is 33.8 Å². The molecule has 0 saturated carbocycles. The molecule has 1 aliphatic heterocycles. The van der Waals surface area contributed by atoms with Gasteiger partial charge in [-0.15, -0.1) is 0 Å². The van der Waals surface area contributed by atoms with Crippen LogP contribution in [0.4, 0.5) is 4.39 Å². The number of benzene rings is 3. The number of rotatable bonds is 8. The Morgan fingerprint density at radius 2 is 1.71 bits per heavy atom. The minimum Gasteiger partial charge on any atom is -0.379 e. The van der Waals surface area contributed by atoms with E-state index in [-0.39, 0.29) is 5.82 Å². The maximum atomic E-state index is 13.7. The Morgan fingerprint density at radius 3 is 2.53 bits per heavy atom. The Hall–Kier alpha value is -3.85. The summed E-state index contributed by atoms with van der Waals surface area (Å²) < 4.78 is 21.4. The molecule has 3 aromatic carbocycles. The summed E-state index contributed by atoms with van der Waals surface area (Å²) >= 11 is 0. The van der Waals surface area contributed by atoms with Crippen LogP contribution in [0.25, 0.3) is 44.7 Å². The third kappa shape index (κ3) is 4.86. The molecule has 0 unspecified atom stereocenters. The number of hydrogen-bond donors (Lipinski definition) is 2. The van der Waals surface area contributed by atoms with E-state index in [9.17, 15) is 4.39 Å². The zero-order valence-corrected chi connectivity index (χ0v) is 21.2. The minimum atomic E-state index is -0.261. The van der Waals surface area contributed by atoms with Gasteiger partial charge in [0.05, 0.1) is 36.4 Å². The number of aromatic amines is 1. The molecule has 0 radical (unpaired) electrons. The third-order valence-electron chi connectivity index (χ3n) is 7.26. The predicted octanol–water partition coefficient (Wildman–Crippen LogP) is 5.08. The first-order chi connectivity index (χ1) is 18.7. The molecule has 6 rings (SSSR count). The summed E-state index contributed by atoms with van der Waals surface area (Å²) in [6.07, 6.45) is 2.90. The smallest absolute Gasteiger partial charge is 0.123 e. The van der Waals surface area contributed by atoms with Crippen LogP contribution in [-0.2, 0) is 17.8 Å². The number of ether oxygens (including phenoxy) is 1. The lowest BCUT2D eigenvalue weighted by Gasteiger charge is -2.26. The zero-order chi connectivity index (χ0) is 25.9. The maximum Gasteiger partial charge on any atom is 0.123 e. The molecule has 8 heteroatoms. The number of fused-ring (bicyclic) bond motifs is 1. The number of morpholine rings is 1. The number of nitrogens with two attached hydrogens (primary N) is 1. The lowest BCUT2D eigenvalue weighted by Crippen LogP contribution is -2.37. The standard InChI is InChI=1S/C30H31FN6O/c31-24-9-6-21(7-10-24)28-30(37(20-33-28)13-3-12-36-14-16-38-17-15-36)22-8-11-27-26(18-22)29(35-34-27)25-5-2-1-4-23(25)19-32/h1-2,4-11,18,20H,3,12-17,19,32H2,(H,34,35). The molecule has 194 valence electrons. The fourth-order valence-corrected chi connectivity index (χ4v) is 5.26. The fourth-order valence-electron chi connectivity index (χ4n) is 5.26. The van der Waals surface area contributed by atoms with Crippen molar-refractivity contribution in [2.24, 2.45) is 5.73 Å². The van der Waals surface area contributed by atoms with Gasteiger partial charge in [-0.25, -0.2) is 9.37 Å². The Kier molecular flexibility index (Phi) is 7.00. The van der Waals surface area contributed by atoms with Crippen LogP contribution in [0.3, 0.4) is 0 Å². The number of aromatic nitrogens is 4. The monoisotopic (exact) mass is 510 g/mol. The van der Waals surface area contributed by atoms with Crippen molar-refractivity contribution in [1.29, 1.82) is 0 Å². The molecule has 2 aromatic heterocycles. The number of hydrogen-bond acceptors (Lipinski definition) is 5.